The Balaban J connectivity index is 1.40. The number of amidine groups is 1. The summed E-state index contributed by atoms with van der Waals surface area (Å²) in [5.41, 5.74) is 2.35. The number of hydrogen-bond acceptors (Lipinski definition) is 7. The molecule has 1 atom stereocenters. The molecule has 0 radical (unpaired) electrons. The summed E-state index contributed by atoms with van der Waals surface area (Å²) in [6.07, 6.45) is 16.8. The average molecular weight is 676 g/mol. The van der Waals surface area contributed by atoms with Gasteiger partial charge in [0, 0.05) is 11.3 Å². The van der Waals surface area contributed by atoms with Gasteiger partial charge in [0.1, 0.15) is 24.8 Å². The molecule has 1 N–H and O–H groups in total. The first-order valence-corrected chi connectivity index (χ1v) is 18.9. The van der Waals surface area contributed by atoms with Crippen LogP contribution in [0.1, 0.15) is 102 Å². The van der Waals surface area contributed by atoms with Crippen molar-refractivity contribution in [3.63, 3.8) is 0 Å². The van der Waals surface area contributed by atoms with Crippen LogP contribution in [-0.4, -0.2) is 45.7 Å². The first kappa shape index (κ1) is 37.3. The van der Waals surface area contributed by atoms with Gasteiger partial charge in [-0.3, -0.25) is 10.1 Å². The highest BCUT2D eigenvalue weighted by Crippen LogP contribution is 2.29. The zero-order chi connectivity index (χ0) is 33.5. The van der Waals surface area contributed by atoms with Crippen LogP contribution >= 0.6 is 11.6 Å². The minimum Gasteiger partial charge on any atom is -0.490 e. The summed E-state index contributed by atoms with van der Waals surface area (Å²) in [7, 11) is -3.37. The maximum atomic E-state index is 12.8. The minimum atomic E-state index is -3.37. The molecule has 0 saturated carbocycles. The topological polar surface area (TPSA) is 114 Å². The molecule has 1 aliphatic rings. The van der Waals surface area contributed by atoms with E-state index in [4.69, 9.17) is 21.1 Å². The molecular weight excluding hydrogens is 626 g/mol. The van der Waals surface area contributed by atoms with E-state index in [2.05, 4.69) is 17.3 Å². The summed E-state index contributed by atoms with van der Waals surface area (Å²) in [6, 6.07) is 9.70. The van der Waals surface area contributed by atoms with Gasteiger partial charge in [-0.15, -0.1) is 0 Å². The third kappa shape index (κ3) is 11.9. The second-order valence-electron chi connectivity index (χ2n) is 12.1. The zero-order valence-corrected chi connectivity index (χ0v) is 29.4. The van der Waals surface area contributed by atoms with Gasteiger partial charge in [-0.2, -0.15) is 10.1 Å². The smallest absolute Gasteiger partial charge is 0.412 e. The molecule has 0 saturated heterocycles. The number of anilines is 1. The normalized spacial score (nSPS) is 14.8. The average Bonchev–Trinajstić information content (AvgIpc) is 3.29. The maximum absolute atomic E-state index is 12.8. The highest BCUT2D eigenvalue weighted by Gasteiger charge is 2.34. The Morgan fingerprint density at radius 3 is 2.11 bits per heavy atom. The number of amides is 2. The number of nitrogens with one attached hydrogen (secondary N) is 1. The maximum Gasteiger partial charge on any atom is 0.412 e. The van der Waals surface area contributed by atoms with Gasteiger partial charge in [0.2, 0.25) is 0 Å². The van der Waals surface area contributed by atoms with Crippen molar-refractivity contribution in [1.82, 2.24) is 5.32 Å². The van der Waals surface area contributed by atoms with E-state index in [1.54, 1.807) is 6.92 Å². The van der Waals surface area contributed by atoms with Crippen molar-refractivity contribution in [3.8, 4) is 5.75 Å². The Hall–Kier alpha value is -3.11. The number of aryl methyl sites for hydroxylation is 2. The minimum absolute atomic E-state index is 0.00216. The van der Waals surface area contributed by atoms with Gasteiger partial charge < -0.3 is 9.47 Å². The molecular formula is C35H50ClN3O6S. The molecule has 3 rings (SSSR count). The van der Waals surface area contributed by atoms with Crippen molar-refractivity contribution < 1.29 is 27.5 Å². The number of hydrazone groups is 1. The van der Waals surface area contributed by atoms with E-state index in [-0.39, 0.29) is 29.9 Å². The molecule has 1 heterocycles. The molecule has 2 aromatic carbocycles. The molecule has 0 aromatic heterocycles. The lowest BCUT2D eigenvalue weighted by molar-refractivity contribution is -0.119. The van der Waals surface area contributed by atoms with Crippen molar-refractivity contribution >= 4 is 45.0 Å². The van der Waals surface area contributed by atoms with Crippen LogP contribution in [-0.2, 0) is 25.8 Å². The van der Waals surface area contributed by atoms with Gasteiger partial charge >= 0.3 is 6.09 Å². The lowest BCUT2D eigenvalue weighted by atomic mass is 10.0. The van der Waals surface area contributed by atoms with Crippen LogP contribution in [0.15, 0.2) is 46.4 Å². The number of benzene rings is 2. The molecule has 1 aliphatic heterocycles. The van der Waals surface area contributed by atoms with Crippen molar-refractivity contribution in [2.75, 3.05) is 24.5 Å². The molecule has 0 spiro atoms. The Labute approximate surface area is 280 Å². The van der Waals surface area contributed by atoms with Gasteiger partial charge in [-0.05, 0) is 74.2 Å². The SMILES string of the molecule is CCCCCCCCCCCCCCc1cc(Cl)c(C)cc1OCCOC(=O)NC1=NN(c2ccc(S(C)(=O)=O)cc2)C(=O)C1C. The second kappa shape index (κ2) is 18.9. The zero-order valence-electron chi connectivity index (χ0n) is 27.8. The van der Waals surface area contributed by atoms with Crippen molar-refractivity contribution in [3.05, 3.63) is 52.5 Å². The highest BCUT2D eigenvalue weighted by atomic mass is 35.5. The first-order chi connectivity index (χ1) is 22.0. The van der Waals surface area contributed by atoms with Crippen molar-refractivity contribution in [1.29, 1.82) is 0 Å². The summed E-state index contributed by atoms with van der Waals surface area (Å²) in [5, 5.41) is 8.61. The van der Waals surface area contributed by atoms with Gasteiger partial charge in [-0.1, -0.05) is 89.2 Å². The Bertz CT molecular complexity index is 1430. The van der Waals surface area contributed by atoms with Crippen molar-refractivity contribution in [2.45, 2.75) is 109 Å². The van der Waals surface area contributed by atoms with Crippen LogP contribution < -0.4 is 15.1 Å². The van der Waals surface area contributed by atoms with Gasteiger partial charge in [0.05, 0.1) is 16.5 Å². The fourth-order valence-electron chi connectivity index (χ4n) is 5.31. The number of alkyl carbamates (subject to hydrolysis) is 1. The third-order valence-corrected chi connectivity index (χ3v) is 9.69. The monoisotopic (exact) mass is 675 g/mol. The summed E-state index contributed by atoms with van der Waals surface area (Å²) in [5.74, 6) is -0.185. The number of nitrogens with zero attached hydrogens (tertiary/aromatic N) is 2. The lowest BCUT2D eigenvalue weighted by Crippen LogP contribution is -2.36. The van der Waals surface area contributed by atoms with Gasteiger partial charge in [-0.25, -0.2) is 13.2 Å². The summed E-state index contributed by atoms with van der Waals surface area (Å²) in [6.45, 7) is 5.96. The largest absolute Gasteiger partial charge is 0.490 e. The number of ether oxygens (including phenoxy) is 2. The predicted molar refractivity (Wildman–Crippen MR) is 185 cm³/mol. The summed E-state index contributed by atoms with van der Waals surface area (Å²) >= 11 is 6.42. The molecule has 0 aliphatic carbocycles. The number of unbranched alkanes of at least 4 members (excludes halogenated alkanes) is 11. The number of hydrogen-bond donors (Lipinski definition) is 1. The molecule has 2 aromatic rings. The quantitative estimate of drug-likeness (QED) is 0.150. The first-order valence-electron chi connectivity index (χ1n) is 16.6. The van der Waals surface area contributed by atoms with Crippen LogP contribution in [0.2, 0.25) is 5.02 Å². The number of sulfone groups is 1. The van der Waals surface area contributed by atoms with E-state index in [1.165, 1.54) is 94.9 Å². The summed E-state index contributed by atoms with van der Waals surface area (Å²) in [4.78, 5) is 25.4. The van der Waals surface area contributed by atoms with Gasteiger partial charge in [0.15, 0.2) is 9.84 Å². The standard InChI is InChI=1S/C35H50ClN3O6S/c1-5-6-7-8-9-10-11-12-13-14-15-16-17-28-25-31(36)26(2)24-32(28)44-22-23-45-35(41)37-33-27(3)34(40)39(38-33)29-18-20-30(21-19-29)46(4,42)43/h18-21,24-25,27H,5-17,22-23H2,1-4H3,(H,37,38,41). The summed E-state index contributed by atoms with van der Waals surface area (Å²) < 4.78 is 34.8. The number of rotatable bonds is 19. The Kier molecular flexibility index (Phi) is 15.3. The molecule has 2 amide bonds. The fourth-order valence-corrected chi connectivity index (χ4v) is 6.12. The van der Waals surface area contributed by atoms with E-state index in [1.807, 2.05) is 19.1 Å². The Morgan fingerprint density at radius 1 is 0.935 bits per heavy atom. The van der Waals surface area contributed by atoms with E-state index in [9.17, 15) is 18.0 Å². The Morgan fingerprint density at radius 2 is 1.52 bits per heavy atom. The van der Waals surface area contributed by atoms with Crippen LogP contribution in [0.5, 0.6) is 5.75 Å². The molecule has 0 fully saturated rings. The molecule has 46 heavy (non-hydrogen) atoms. The van der Waals surface area contributed by atoms with Gasteiger partial charge in [0.25, 0.3) is 5.91 Å². The molecule has 254 valence electrons. The molecule has 0 bridgehead atoms. The second-order valence-corrected chi connectivity index (χ2v) is 14.5. The van der Waals surface area contributed by atoms with Crippen LogP contribution in [0.4, 0.5) is 10.5 Å². The van der Waals surface area contributed by atoms with E-state index < -0.39 is 21.8 Å². The van der Waals surface area contributed by atoms with Crippen LogP contribution in [0.25, 0.3) is 0 Å². The van der Waals surface area contributed by atoms with Crippen molar-refractivity contribution in [2.24, 2.45) is 11.0 Å². The van der Waals surface area contributed by atoms with E-state index in [0.29, 0.717) is 10.7 Å². The number of halogens is 1. The predicted octanol–water partition coefficient (Wildman–Crippen LogP) is 8.40. The fraction of sp³-hybridized carbons (Fsp3) is 0.571. The number of carbonyl (C=O) groups excluding carboxylic acids is 2. The lowest BCUT2D eigenvalue weighted by Gasteiger charge is -2.14. The van der Waals surface area contributed by atoms with E-state index >= 15 is 0 Å². The van der Waals surface area contributed by atoms with E-state index in [0.717, 1.165) is 41.0 Å². The van der Waals surface area contributed by atoms with Crippen LogP contribution in [0, 0.1) is 12.8 Å². The molecule has 1 unspecified atom stereocenters. The third-order valence-electron chi connectivity index (χ3n) is 8.15. The highest BCUT2D eigenvalue weighted by molar-refractivity contribution is 7.90. The number of carbonyl (C=O) groups is 2. The van der Waals surface area contributed by atoms with Crippen LogP contribution in [0.3, 0.4) is 0 Å². The molecule has 11 heteroatoms. The molecule has 9 nitrogen and oxygen atoms in total.